The summed E-state index contributed by atoms with van der Waals surface area (Å²) in [4.78, 5) is 42.8. The van der Waals surface area contributed by atoms with Crippen molar-refractivity contribution < 1.29 is 23.9 Å². The van der Waals surface area contributed by atoms with Crippen molar-refractivity contribution in [2.45, 2.75) is 52.1 Å². The zero-order valence-electron chi connectivity index (χ0n) is 19.3. The summed E-state index contributed by atoms with van der Waals surface area (Å²) < 4.78 is 10.8. The van der Waals surface area contributed by atoms with Gasteiger partial charge in [-0.2, -0.15) is 0 Å². The second-order valence-electron chi connectivity index (χ2n) is 9.34. The summed E-state index contributed by atoms with van der Waals surface area (Å²) in [6.45, 7) is 6.56. The van der Waals surface area contributed by atoms with Crippen molar-refractivity contribution in [3.63, 3.8) is 0 Å². The zero-order valence-corrected chi connectivity index (χ0v) is 19.3. The van der Waals surface area contributed by atoms with Gasteiger partial charge in [-0.3, -0.25) is 9.78 Å². The lowest BCUT2D eigenvalue weighted by Gasteiger charge is -2.38. The van der Waals surface area contributed by atoms with Crippen LogP contribution in [0.2, 0.25) is 0 Å². The topological polar surface area (TPSA) is 85.8 Å². The van der Waals surface area contributed by atoms with Crippen LogP contribution in [0.4, 0.5) is 4.79 Å². The third-order valence-electron chi connectivity index (χ3n) is 5.93. The Morgan fingerprint density at radius 3 is 2.69 bits per heavy atom. The van der Waals surface area contributed by atoms with Crippen molar-refractivity contribution in [1.82, 2.24) is 9.88 Å². The van der Waals surface area contributed by atoms with Gasteiger partial charge in [0, 0.05) is 43.1 Å². The van der Waals surface area contributed by atoms with Gasteiger partial charge in [-0.15, -0.1) is 0 Å². The number of carbonyl (C=O) groups excluding carboxylic acids is 3. The van der Waals surface area contributed by atoms with Crippen LogP contribution in [0.5, 0.6) is 5.75 Å². The van der Waals surface area contributed by atoms with Gasteiger partial charge < -0.3 is 19.2 Å². The van der Waals surface area contributed by atoms with E-state index in [2.05, 4.69) is 4.98 Å². The Kier molecular flexibility index (Phi) is 7.48. The van der Waals surface area contributed by atoms with E-state index in [-0.39, 0.29) is 23.7 Å². The molecule has 0 unspecified atom stereocenters. The first-order valence-corrected chi connectivity index (χ1v) is 11.1. The molecule has 2 heterocycles. The molecule has 0 spiro atoms. The smallest absolute Gasteiger partial charge is 0.410 e. The fourth-order valence-electron chi connectivity index (χ4n) is 4.29. The van der Waals surface area contributed by atoms with Crippen molar-refractivity contribution in [2.24, 2.45) is 11.8 Å². The lowest BCUT2D eigenvalue weighted by Crippen LogP contribution is -2.46. The predicted octanol–water partition coefficient (Wildman–Crippen LogP) is 4.67. The summed E-state index contributed by atoms with van der Waals surface area (Å²) in [6.07, 6.45) is 4.37. The molecule has 0 radical (unpaired) electrons. The van der Waals surface area contributed by atoms with Gasteiger partial charge in [0.1, 0.15) is 17.6 Å². The van der Waals surface area contributed by atoms with Gasteiger partial charge in [0.05, 0.1) is 12.6 Å². The first kappa shape index (κ1) is 23.7. The monoisotopic (exact) mass is 440 g/mol. The predicted molar refractivity (Wildman–Crippen MR) is 122 cm³/mol. The van der Waals surface area contributed by atoms with E-state index in [1.165, 1.54) is 0 Å². The molecule has 0 saturated carbocycles. The third-order valence-corrected chi connectivity index (χ3v) is 5.93. The standard InChI is InChI=1S/C25H32N2O5/c1-25(2,3)32-24(30)27-13-10-17(18(16-27)11-14-28)5-8-23(29)20-9-12-26-22-7-6-19(31-4)15-21(20)22/h6-7,9,12,14-15,17-18H,5,8,10-11,13,16H2,1-4H3/t17-,18+/m1/s1. The second kappa shape index (κ2) is 10.1. The average molecular weight is 441 g/mol. The molecule has 2 atom stereocenters. The van der Waals surface area contributed by atoms with E-state index >= 15 is 0 Å². The number of aldehydes is 1. The summed E-state index contributed by atoms with van der Waals surface area (Å²) >= 11 is 0. The van der Waals surface area contributed by atoms with Crippen LogP contribution in [0, 0.1) is 11.8 Å². The molecule has 32 heavy (non-hydrogen) atoms. The van der Waals surface area contributed by atoms with Gasteiger partial charge in [0.15, 0.2) is 5.78 Å². The minimum Gasteiger partial charge on any atom is -0.497 e. The fraction of sp³-hybridized carbons (Fsp3) is 0.520. The maximum absolute atomic E-state index is 13.1. The number of methoxy groups -OCH3 is 1. The molecular formula is C25H32N2O5. The molecule has 172 valence electrons. The second-order valence-corrected chi connectivity index (χ2v) is 9.34. The highest BCUT2D eigenvalue weighted by Crippen LogP contribution is 2.32. The SMILES string of the molecule is COc1ccc2nccc(C(=O)CC[C@@H]3CCN(C(=O)OC(C)(C)C)C[C@@H]3CC=O)c2c1. The minimum atomic E-state index is -0.559. The Bertz CT molecular complexity index is 982. The van der Waals surface area contributed by atoms with Gasteiger partial charge in [-0.05, 0) is 69.7 Å². The highest BCUT2D eigenvalue weighted by Gasteiger charge is 2.33. The van der Waals surface area contributed by atoms with Crippen LogP contribution in [0.15, 0.2) is 30.5 Å². The number of fused-ring (bicyclic) bond motifs is 1. The summed E-state index contributed by atoms with van der Waals surface area (Å²) in [5.74, 6) is 0.950. The lowest BCUT2D eigenvalue weighted by atomic mass is 9.80. The Morgan fingerprint density at radius 1 is 1.22 bits per heavy atom. The number of rotatable bonds is 7. The number of hydrogen-bond donors (Lipinski definition) is 0. The minimum absolute atomic E-state index is 0.0239. The maximum Gasteiger partial charge on any atom is 0.410 e. The van der Waals surface area contributed by atoms with E-state index in [0.717, 1.165) is 23.6 Å². The number of nitrogens with zero attached hydrogens (tertiary/aromatic N) is 2. The van der Waals surface area contributed by atoms with Crippen LogP contribution in [-0.4, -0.2) is 53.8 Å². The van der Waals surface area contributed by atoms with Crippen molar-refractivity contribution >= 4 is 29.1 Å². The Labute approximate surface area is 189 Å². The molecule has 2 aromatic rings. The van der Waals surface area contributed by atoms with Crippen LogP contribution in [0.3, 0.4) is 0 Å². The number of aromatic nitrogens is 1. The van der Waals surface area contributed by atoms with E-state index in [1.54, 1.807) is 24.3 Å². The molecule has 0 aliphatic carbocycles. The highest BCUT2D eigenvalue weighted by molar-refractivity contribution is 6.07. The number of piperidine rings is 1. The molecule has 1 saturated heterocycles. The van der Waals surface area contributed by atoms with Crippen molar-refractivity contribution in [3.8, 4) is 5.75 Å². The molecule has 1 aromatic carbocycles. The maximum atomic E-state index is 13.1. The molecule has 1 amide bonds. The number of ketones is 1. The Balaban J connectivity index is 1.67. The molecular weight excluding hydrogens is 408 g/mol. The molecule has 1 fully saturated rings. The zero-order chi connectivity index (χ0) is 23.3. The molecule has 1 aromatic heterocycles. The summed E-state index contributed by atoms with van der Waals surface area (Å²) in [7, 11) is 1.59. The highest BCUT2D eigenvalue weighted by atomic mass is 16.6. The van der Waals surface area contributed by atoms with Gasteiger partial charge in [-0.1, -0.05) is 0 Å². The average Bonchev–Trinajstić information content (AvgIpc) is 2.76. The van der Waals surface area contributed by atoms with E-state index < -0.39 is 5.60 Å². The number of carbonyl (C=O) groups is 3. The molecule has 0 bridgehead atoms. The van der Waals surface area contributed by atoms with E-state index in [9.17, 15) is 14.4 Å². The molecule has 7 nitrogen and oxygen atoms in total. The fourth-order valence-corrected chi connectivity index (χ4v) is 4.29. The van der Waals surface area contributed by atoms with Crippen molar-refractivity contribution in [3.05, 3.63) is 36.0 Å². The van der Waals surface area contributed by atoms with Gasteiger partial charge >= 0.3 is 6.09 Å². The molecule has 1 aliphatic rings. The van der Waals surface area contributed by atoms with Crippen LogP contribution in [0.1, 0.15) is 56.8 Å². The van der Waals surface area contributed by atoms with Gasteiger partial charge in [-0.25, -0.2) is 4.79 Å². The molecule has 3 rings (SSSR count). The lowest BCUT2D eigenvalue weighted by molar-refractivity contribution is -0.109. The van der Waals surface area contributed by atoms with E-state index in [0.29, 0.717) is 43.7 Å². The number of hydrogen-bond acceptors (Lipinski definition) is 6. The largest absolute Gasteiger partial charge is 0.497 e. The van der Waals surface area contributed by atoms with Gasteiger partial charge in [0.25, 0.3) is 0 Å². The summed E-state index contributed by atoms with van der Waals surface area (Å²) in [5, 5.41) is 0.779. The Hall–Kier alpha value is -2.96. The van der Waals surface area contributed by atoms with Crippen molar-refractivity contribution in [1.29, 1.82) is 0 Å². The quantitative estimate of drug-likeness (QED) is 0.459. The molecule has 1 aliphatic heterocycles. The molecule has 0 N–H and O–H groups in total. The summed E-state index contributed by atoms with van der Waals surface area (Å²) in [5.41, 5.74) is 0.824. The Morgan fingerprint density at radius 2 is 2.00 bits per heavy atom. The number of likely N-dealkylation sites (tertiary alicyclic amines) is 1. The normalized spacial score (nSPS) is 18.9. The van der Waals surface area contributed by atoms with Crippen LogP contribution >= 0.6 is 0 Å². The number of ether oxygens (including phenoxy) is 2. The van der Waals surface area contributed by atoms with Crippen LogP contribution in [-0.2, 0) is 9.53 Å². The van der Waals surface area contributed by atoms with Crippen molar-refractivity contribution in [2.75, 3.05) is 20.2 Å². The third kappa shape index (κ3) is 5.84. The van der Waals surface area contributed by atoms with E-state index in [1.807, 2.05) is 39.0 Å². The van der Waals surface area contributed by atoms with Gasteiger partial charge in [0.2, 0.25) is 0 Å². The first-order valence-electron chi connectivity index (χ1n) is 11.1. The van der Waals surface area contributed by atoms with Crippen LogP contribution in [0.25, 0.3) is 10.9 Å². The number of amides is 1. The number of Topliss-reactive ketones (excluding diaryl/α,β-unsaturated/α-hetero) is 1. The van der Waals surface area contributed by atoms with E-state index in [4.69, 9.17) is 9.47 Å². The molecule has 7 heteroatoms. The number of benzene rings is 1. The van der Waals surface area contributed by atoms with Crippen LogP contribution < -0.4 is 4.74 Å². The first-order chi connectivity index (χ1) is 15.2. The number of pyridine rings is 1. The summed E-state index contributed by atoms with van der Waals surface area (Å²) in [6, 6.07) is 7.26.